The van der Waals surface area contributed by atoms with Gasteiger partial charge < -0.3 is 9.80 Å². The Labute approximate surface area is 205 Å². The number of alkyl halides is 1. The standard InChI is InChI=1S/C30H40FN3/c1-24-29(27-13-7-8-14-28(27)34(24)26-11-3-2-4-12-26)15-21-33(22-16-29)30(31)17-19-32(20-18-30)23-25-9-5-6-10-25/h3,7-8,11-14,25H,1-2,4-6,9-10,15-23H2. The summed E-state index contributed by atoms with van der Waals surface area (Å²) in [5.41, 5.74) is 5.02. The van der Waals surface area contributed by atoms with E-state index in [1.54, 1.807) is 0 Å². The van der Waals surface area contributed by atoms with Gasteiger partial charge in [-0.15, -0.1) is 0 Å². The van der Waals surface area contributed by atoms with Crippen LogP contribution in [0.3, 0.4) is 0 Å². The number of hydrogen-bond acceptors (Lipinski definition) is 3. The highest BCUT2D eigenvalue weighted by molar-refractivity contribution is 5.75. The summed E-state index contributed by atoms with van der Waals surface area (Å²) < 4.78 is 16.2. The van der Waals surface area contributed by atoms with E-state index in [2.05, 4.69) is 63.8 Å². The lowest BCUT2D eigenvalue weighted by Gasteiger charge is -2.49. The molecule has 34 heavy (non-hydrogen) atoms. The Balaban J connectivity index is 1.15. The second-order valence-electron chi connectivity index (χ2n) is 11.3. The zero-order valence-corrected chi connectivity index (χ0v) is 20.7. The fourth-order valence-corrected chi connectivity index (χ4v) is 7.45. The Morgan fingerprint density at radius 1 is 0.941 bits per heavy atom. The van der Waals surface area contributed by atoms with Crippen LogP contribution < -0.4 is 4.90 Å². The smallest absolute Gasteiger partial charge is 0.166 e. The van der Waals surface area contributed by atoms with Crippen LogP contribution in [0, 0.1) is 5.92 Å². The molecule has 2 aliphatic carbocycles. The summed E-state index contributed by atoms with van der Waals surface area (Å²) in [7, 11) is 0. The normalized spacial score (nSPS) is 27.4. The summed E-state index contributed by atoms with van der Waals surface area (Å²) in [4.78, 5) is 7.11. The Morgan fingerprint density at radius 3 is 2.38 bits per heavy atom. The number of nitrogens with zero attached hydrogens (tertiary/aromatic N) is 3. The highest BCUT2D eigenvalue weighted by Crippen LogP contribution is 2.55. The van der Waals surface area contributed by atoms with Gasteiger partial charge in [0.15, 0.2) is 5.79 Å². The van der Waals surface area contributed by atoms with Crippen molar-refractivity contribution in [3.8, 4) is 0 Å². The lowest BCUT2D eigenvalue weighted by molar-refractivity contribution is -0.0943. The minimum Gasteiger partial charge on any atom is -0.314 e. The third-order valence-corrected chi connectivity index (χ3v) is 9.51. The summed E-state index contributed by atoms with van der Waals surface area (Å²) in [5, 5.41) is 0. The molecule has 0 N–H and O–H groups in total. The number of rotatable bonds is 4. The van der Waals surface area contributed by atoms with Crippen molar-refractivity contribution in [2.45, 2.75) is 75.4 Å². The first-order valence-electron chi connectivity index (χ1n) is 13.7. The molecule has 1 spiro atoms. The first kappa shape index (κ1) is 22.5. The predicted molar refractivity (Wildman–Crippen MR) is 138 cm³/mol. The molecular weight excluding hydrogens is 421 g/mol. The topological polar surface area (TPSA) is 9.72 Å². The second kappa shape index (κ2) is 8.95. The van der Waals surface area contributed by atoms with Crippen LogP contribution in [0.5, 0.6) is 0 Å². The lowest BCUT2D eigenvalue weighted by Crippen LogP contribution is -2.57. The number of benzene rings is 1. The molecule has 4 heteroatoms. The van der Waals surface area contributed by atoms with Crippen LogP contribution in [0.15, 0.2) is 60.5 Å². The van der Waals surface area contributed by atoms with Crippen molar-refractivity contribution in [2.75, 3.05) is 37.6 Å². The van der Waals surface area contributed by atoms with E-state index in [1.807, 2.05) is 0 Å². The Bertz CT molecular complexity index is 973. The highest BCUT2D eigenvalue weighted by atomic mass is 19.1. The quantitative estimate of drug-likeness (QED) is 0.471. The van der Waals surface area contributed by atoms with Crippen molar-refractivity contribution < 1.29 is 4.39 Å². The van der Waals surface area contributed by atoms with E-state index in [0.717, 1.165) is 57.8 Å². The van der Waals surface area contributed by atoms with E-state index in [-0.39, 0.29) is 5.41 Å². The number of allylic oxidation sites excluding steroid dienone is 4. The number of fused-ring (bicyclic) bond motifs is 2. The Kier molecular flexibility index (Phi) is 5.93. The number of hydrogen-bond donors (Lipinski definition) is 0. The zero-order chi connectivity index (χ0) is 23.2. The Morgan fingerprint density at radius 2 is 1.68 bits per heavy atom. The van der Waals surface area contributed by atoms with Crippen LogP contribution in [-0.2, 0) is 5.41 Å². The molecule has 3 aliphatic heterocycles. The van der Waals surface area contributed by atoms with Crippen LogP contribution in [0.25, 0.3) is 0 Å². The van der Waals surface area contributed by atoms with Gasteiger partial charge in [-0.05, 0) is 62.1 Å². The molecule has 182 valence electrons. The molecule has 0 amide bonds. The number of likely N-dealkylation sites (tertiary alicyclic amines) is 2. The number of anilines is 1. The van der Waals surface area contributed by atoms with E-state index >= 15 is 4.39 Å². The minimum absolute atomic E-state index is 0.0707. The van der Waals surface area contributed by atoms with Crippen LogP contribution in [0.4, 0.5) is 10.1 Å². The van der Waals surface area contributed by atoms with Gasteiger partial charge in [-0.3, -0.25) is 4.90 Å². The van der Waals surface area contributed by atoms with Gasteiger partial charge in [0.2, 0.25) is 0 Å². The van der Waals surface area contributed by atoms with E-state index in [4.69, 9.17) is 0 Å². The van der Waals surface area contributed by atoms with Crippen molar-refractivity contribution in [3.05, 3.63) is 66.0 Å². The predicted octanol–water partition coefficient (Wildman–Crippen LogP) is 6.54. The monoisotopic (exact) mass is 461 g/mol. The number of halogens is 1. The molecule has 5 aliphatic rings. The van der Waals surface area contributed by atoms with Gasteiger partial charge in [0, 0.05) is 68.1 Å². The number of piperidine rings is 2. The third-order valence-electron chi connectivity index (χ3n) is 9.51. The van der Waals surface area contributed by atoms with Crippen molar-refractivity contribution in [2.24, 2.45) is 5.92 Å². The molecule has 3 fully saturated rings. The first-order valence-corrected chi connectivity index (χ1v) is 13.7. The van der Waals surface area contributed by atoms with Crippen molar-refractivity contribution in [1.29, 1.82) is 0 Å². The molecule has 0 radical (unpaired) electrons. The van der Waals surface area contributed by atoms with Crippen molar-refractivity contribution in [3.63, 3.8) is 0 Å². The van der Waals surface area contributed by atoms with Gasteiger partial charge in [-0.25, -0.2) is 4.39 Å². The lowest BCUT2D eigenvalue weighted by atomic mass is 9.72. The van der Waals surface area contributed by atoms with Gasteiger partial charge in [-0.1, -0.05) is 49.8 Å². The van der Waals surface area contributed by atoms with E-state index in [1.165, 1.54) is 54.9 Å². The molecule has 6 rings (SSSR count). The van der Waals surface area contributed by atoms with Crippen molar-refractivity contribution in [1.82, 2.24) is 9.80 Å². The summed E-state index contributed by atoms with van der Waals surface area (Å²) in [6.45, 7) is 9.30. The summed E-state index contributed by atoms with van der Waals surface area (Å²) in [6.07, 6.45) is 17.8. The van der Waals surface area contributed by atoms with Crippen LogP contribution in [-0.4, -0.2) is 48.3 Å². The molecule has 3 heterocycles. The van der Waals surface area contributed by atoms with Crippen LogP contribution in [0.1, 0.15) is 69.8 Å². The van der Waals surface area contributed by atoms with Gasteiger partial charge in [0.05, 0.1) is 0 Å². The molecule has 0 unspecified atom stereocenters. The molecule has 1 aromatic carbocycles. The van der Waals surface area contributed by atoms with Gasteiger partial charge >= 0.3 is 0 Å². The maximum atomic E-state index is 16.2. The first-order chi connectivity index (χ1) is 16.6. The van der Waals surface area contributed by atoms with Gasteiger partial charge in [-0.2, -0.15) is 0 Å². The fraction of sp³-hybridized carbons (Fsp3) is 0.600. The largest absolute Gasteiger partial charge is 0.314 e. The van der Waals surface area contributed by atoms with Crippen LogP contribution in [0.2, 0.25) is 0 Å². The molecule has 0 aromatic heterocycles. The van der Waals surface area contributed by atoms with Crippen molar-refractivity contribution >= 4 is 5.69 Å². The summed E-state index contributed by atoms with van der Waals surface area (Å²) >= 11 is 0. The maximum absolute atomic E-state index is 16.2. The molecule has 3 nitrogen and oxygen atoms in total. The average molecular weight is 462 g/mol. The molecule has 2 saturated heterocycles. The summed E-state index contributed by atoms with van der Waals surface area (Å²) in [5.74, 6) is -0.283. The van der Waals surface area contributed by atoms with Crippen LogP contribution >= 0.6 is 0 Å². The zero-order valence-electron chi connectivity index (χ0n) is 20.7. The second-order valence-corrected chi connectivity index (χ2v) is 11.3. The summed E-state index contributed by atoms with van der Waals surface area (Å²) in [6, 6.07) is 8.82. The minimum atomic E-state index is -1.14. The Hall–Kier alpha value is -1.91. The SMILES string of the molecule is C=C1N(C2=CCCC=C2)c2ccccc2C12CCN(C1(F)CCN(CC3CCCC3)CC1)CC2. The maximum Gasteiger partial charge on any atom is 0.166 e. The molecule has 1 aromatic rings. The fourth-order valence-electron chi connectivity index (χ4n) is 7.45. The molecule has 0 bridgehead atoms. The molecular formula is C30H40FN3. The van der Waals surface area contributed by atoms with E-state index in [0.29, 0.717) is 12.8 Å². The third kappa shape index (κ3) is 3.78. The molecule has 1 saturated carbocycles. The average Bonchev–Trinajstić information content (AvgIpc) is 3.47. The van der Waals surface area contributed by atoms with Gasteiger partial charge in [0.1, 0.15) is 0 Å². The highest BCUT2D eigenvalue weighted by Gasteiger charge is 2.51. The van der Waals surface area contributed by atoms with E-state index in [9.17, 15) is 0 Å². The molecule has 0 atom stereocenters. The van der Waals surface area contributed by atoms with E-state index < -0.39 is 5.79 Å². The van der Waals surface area contributed by atoms with Gasteiger partial charge in [0.25, 0.3) is 0 Å². The number of para-hydroxylation sites is 1.